The number of carbonyl (C=O) groups excluding carboxylic acids is 2. The molecule has 11 heteroatoms. The fourth-order valence-electron chi connectivity index (χ4n) is 10.6. The summed E-state index contributed by atoms with van der Waals surface area (Å²) in [5, 5.41) is 11.2. The first-order chi connectivity index (χ1) is 14.3. The molecule has 0 bridgehead atoms. The van der Waals surface area contributed by atoms with Gasteiger partial charge in [0.25, 0.3) is 0 Å². The van der Waals surface area contributed by atoms with E-state index in [2.05, 4.69) is 53.1 Å². The van der Waals surface area contributed by atoms with E-state index < -0.39 is 10.7 Å². The van der Waals surface area contributed by atoms with Gasteiger partial charge in [-0.3, -0.25) is 4.79 Å². The average molecular weight is 427 g/mol. The van der Waals surface area contributed by atoms with Crippen molar-refractivity contribution in [2.75, 3.05) is 0 Å². The Balaban J connectivity index is 1.77. The predicted octanol–water partition coefficient (Wildman–Crippen LogP) is -4.11. The van der Waals surface area contributed by atoms with E-state index in [-0.39, 0.29) is 32.9 Å². The standard InChI is InChI=1S/C21H40B8O3/c1-16-8-20(25,26)14(30)12(22)13(16)19(23,24)7-9-10(16)3-5-17(2)11(9)4-6-18(17,32)15(31)21(27,28)29/h9-13,32H,3-8,22-29H2,1-2H3. The summed E-state index contributed by atoms with van der Waals surface area (Å²) in [6.45, 7) is 4.72. The molecule has 0 aromatic heterocycles. The van der Waals surface area contributed by atoms with Crippen molar-refractivity contribution >= 4 is 74.3 Å². The summed E-state index contributed by atoms with van der Waals surface area (Å²) >= 11 is 0. The Bertz CT molecular complexity index is 856. The van der Waals surface area contributed by atoms with Crippen LogP contribution in [0.15, 0.2) is 0 Å². The second-order valence-electron chi connectivity index (χ2n) is 15.2. The van der Waals surface area contributed by atoms with E-state index >= 15 is 0 Å². The van der Waals surface area contributed by atoms with Gasteiger partial charge in [-0.1, -0.05) is 30.6 Å². The minimum absolute atomic E-state index is 0.0330. The normalized spacial score (nSPS) is 49.5. The number of fused-ring (bicyclic) bond motifs is 5. The molecule has 8 atom stereocenters. The van der Waals surface area contributed by atoms with E-state index in [1.165, 1.54) is 0 Å². The zero-order valence-corrected chi connectivity index (χ0v) is 22.4. The van der Waals surface area contributed by atoms with Crippen LogP contribution >= 0.6 is 0 Å². The van der Waals surface area contributed by atoms with Crippen LogP contribution in [0.25, 0.3) is 0 Å². The van der Waals surface area contributed by atoms with E-state index in [0.717, 1.165) is 32.1 Å². The van der Waals surface area contributed by atoms with Gasteiger partial charge in [-0.2, -0.15) is 0 Å². The lowest BCUT2D eigenvalue weighted by Gasteiger charge is -2.68. The van der Waals surface area contributed by atoms with E-state index in [0.29, 0.717) is 35.9 Å². The van der Waals surface area contributed by atoms with E-state index in [4.69, 9.17) is 0 Å². The van der Waals surface area contributed by atoms with Crippen LogP contribution in [0.1, 0.15) is 52.4 Å². The van der Waals surface area contributed by atoms with Crippen molar-refractivity contribution in [3.05, 3.63) is 0 Å². The van der Waals surface area contributed by atoms with Gasteiger partial charge in [-0.25, -0.2) is 0 Å². The molecule has 4 aliphatic carbocycles. The molecule has 0 spiro atoms. The van der Waals surface area contributed by atoms with Gasteiger partial charge < -0.3 is 9.90 Å². The van der Waals surface area contributed by atoms with Crippen LogP contribution in [0.4, 0.5) is 0 Å². The Morgan fingerprint density at radius 2 is 1.59 bits per heavy atom. The predicted molar refractivity (Wildman–Crippen MR) is 153 cm³/mol. The topological polar surface area (TPSA) is 54.4 Å². The third kappa shape index (κ3) is 3.07. The molecule has 0 heterocycles. The lowest BCUT2D eigenvalue weighted by atomic mass is 9.24. The highest BCUT2D eigenvalue weighted by Gasteiger charge is 2.70. The Kier molecular flexibility index (Phi) is 5.41. The molecule has 4 fully saturated rings. The molecule has 4 saturated carbocycles. The summed E-state index contributed by atoms with van der Waals surface area (Å²) in [4.78, 5) is 26.8. The maximum atomic E-state index is 13.5. The van der Waals surface area contributed by atoms with Crippen LogP contribution in [0.5, 0.6) is 0 Å². The quantitative estimate of drug-likeness (QED) is 0.457. The minimum atomic E-state index is -1.21. The number of Topliss-reactive ketones (excluding diaryl/α,β-unsaturated/α-hetero) is 2. The molecule has 8 unspecified atom stereocenters. The number of aliphatic hydroxyl groups is 1. The van der Waals surface area contributed by atoms with Crippen molar-refractivity contribution in [1.29, 1.82) is 0 Å². The first-order valence-electron chi connectivity index (χ1n) is 13.1. The Morgan fingerprint density at radius 1 is 1.03 bits per heavy atom. The Morgan fingerprint density at radius 3 is 2.16 bits per heavy atom. The van der Waals surface area contributed by atoms with Gasteiger partial charge in [0.15, 0.2) is 0 Å². The number of hydrogen-bond donors (Lipinski definition) is 1. The fourth-order valence-corrected chi connectivity index (χ4v) is 10.6. The van der Waals surface area contributed by atoms with Crippen molar-refractivity contribution in [2.24, 2.45) is 34.5 Å². The third-order valence-corrected chi connectivity index (χ3v) is 11.2. The van der Waals surface area contributed by atoms with Crippen molar-refractivity contribution in [3.8, 4) is 0 Å². The first kappa shape index (κ1) is 24.9. The molecule has 0 radical (unpaired) electrons. The molecule has 4 aliphatic rings. The van der Waals surface area contributed by atoms with Crippen LogP contribution < -0.4 is 0 Å². The molecule has 3 nitrogen and oxygen atoms in total. The van der Waals surface area contributed by atoms with Crippen LogP contribution in [-0.2, 0) is 9.59 Å². The molecular weight excluding hydrogens is 387 g/mol. The Labute approximate surface area is 202 Å². The largest absolute Gasteiger partial charge is 0.382 e. The SMILES string of the molecule is BC1C(=O)C(B)(B)CC2(C)C3CCC4(C)C(CCC4(O)C(=O)C(B)(B)B)C3CC(B)(B)C12. The zero-order chi connectivity index (χ0) is 24.3. The van der Waals surface area contributed by atoms with Gasteiger partial charge in [0, 0.05) is 5.41 Å². The second-order valence-corrected chi connectivity index (χ2v) is 15.2. The molecule has 32 heavy (non-hydrogen) atoms. The monoisotopic (exact) mass is 428 g/mol. The first-order valence-corrected chi connectivity index (χ1v) is 13.1. The van der Waals surface area contributed by atoms with Crippen LogP contribution in [0.3, 0.4) is 0 Å². The zero-order valence-electron chi connectivity index (χ0n) is 22.4. The number of hydrogen-bond acceptors (Lipinski definition) is 3. The second kappa shape index (κ2) is 6.94. The Hall–Kier alpha value is -0.181. The summed E-state index contributed by atoms with van der Waals surface area (Å²) in [7, 11) is 17.1. The highest BCUT2D eigenvalue weighted by molar-refractivity contribution is 6.69. The van der Waals surface area contributed by atoms with Crippen molar-refractivity contribution < 1.29 is 14.7 Å². The summed E-state index contributed by atoms with van der Waals surface area (Å²) in [5.74, 6) is 2.44. The van der Waals surface area contributed by atoms with Crippen LogP contribution in [0.2, 0.25) is 21.4 Å². The van der Waals surface area contributed by atoms with Crippen molar-refractivity contribution in [1.82, 2.24) is 0 Å². The highest BCUT2D eigenvalue weighted by atomic mass is 16.3. The average Bonchev–Trinajstić information content (AvgIpc) is 2.89. The van der Waals surface area contributed by atoms with Gasteiger partial charge in [-0.05, 0) is 72.2 Å². The summed E-state index contributed by atoms with van der Waals surface area (Å²) < 4.78 is 0. The smallest absolute Gasteiger partial charge is 0.148 e. The summed E-state index contributed by atoms with van der Waals surface area (Å²) in [6.07, 6.45) is 5.61. The molecule has 0 aromatic carbocycles. The third-order valence-electron chi connectivity index (χ3n) is 11.2. The van der Waals surface area contributed by atoms with E-state index in [1.807, 2.05) is 23.5 Å². The summed E-state index contributed by atoms with van der Waals surface area (Å²) in [5.41, 5.74) is -1.43. The van der Waals surface area contributed by atoms with Gasteiger partial charge in [-0.15, -0.1) is 0 Å². The molecule has 0 saturated heterocycles. The van der Waals surface area contributed by atoms with Crippen LogP contribution in [-0.4, -0.2) is 85.0 Å². The molecule has 166 valence electrons. The van der Waals surface area contributed by atoms with Crippen molar-refractivity contribution in [2.45, 2.75) is 79.3 Å². The number of ketones is 2. The van der Waals surface area contributed by atoms with Crippen molar-refractivity contribution in [3.63, 3.8) is 0 Å². The van der Waals surface area contributed by atoms with Gasteiger partial charge in [0.05, 0.1) is 39.2 Å². The lowest BCUT2D eigenvalue weighted by Crippen LogP contribution is -2.64. The molecule has 1 N–H and O–H groups in total. The molecule has 0 amide bonds. The lowest BCUT2D eigenvalue weighted by molar-refractivity contribution is -0.171. The minimum Gasteiger partial charge on any atom is -0.382 e. The van der Waals surface area contributed by atoms with Gasteiger partial charge in [0.2, 0.25) is 0 Å². The van der Waals surface area contributed by atoms with E-state index in [9.17, 15) is 14.7 Å². The molecular formula is C21H40B8O3. The highest BCUT2D eigenvalue weighted by Crippen LogP contribution is 2.74. The fraction of sp³-hybridized carbons (Fsp3) is 0.905. The van der Waals surface area contributed by atoms with E-state index in [1.54, 1.807) is 0 Å². The maximum Gasteiger partial charge on any atom is 0.148 e. The molecule has 0 aliphatic heterocycles. The number of carbonyl (C=O) groups is 2. The van der Waals surface area contributed by atoms with Gasteiger partial charge >= 0.3 is 0 Å². The maximum absolute atomic E-state index is 13.5. The molecule has 4 rings (SSSR count). The summed E-state index contributed by atoms with van der Waals surface area (Å²) in [6, 6.07) is 0. The number of rotatable bonds is 2. The van der Waals surface area contributed by atoms with Gasteiger partial charge in [0.1, 0.15) is 40.7 Å². The van der Waals surface area contributed by atoms with Crippen LogP contribution in [0, 0.1) is 34.5 Å². The molecule has 0 aromatic rings.